The molecule has 5 nitrogen and oxygen atoms in total. The summed E-state index contributed by atoms with van der Waals surface area (Å²) in [7, 11) is 0. The third-order valence-electron chi connectivity index (χ3n) is 3.11. The summed E-state index contributed by atoms with van der Waals surface area (Å²) in [5, 5.41) is 6.07. The zero-order chi connectivity index (χ0) is 16.8. The van der Waals surface area contributed by atoms with Crippen LogP contribution in [0, 0.1) is 0 Å². The second-order valence-electron chi connectivity index (χ2n) is 6.56. The first-order valence-corrected chi connectivity index (χ1v) is 7.69. The van der Waals surface area contributed by atoms with Gasteiger partial charge in [-0.05, 0) is 51.8 Å². The quantitative estimate of drug-likeness (QED) is 0.577. The van der Waals surface area contributed by atoms with Crippen LogP contribution in [0.25, 0.3) is 0 Å². The third kappa shape index (κ3) is 6.61. The fourth-order valence-corrected chi connectivity index (χ4v) is 1.82. The molecule has 122 valence electrons. The van der Waals surface area contributed by atoms with Gasteiger partial charge in [0.2, 0.25) is 0 Å². The Kier molecular flexibility index (Phi) is 6.40. The minimum atomic E-state index is -0.119. The van der Waals surface area contributed by atoms with Crippen LogP contribution in [0.4, 0.5) is 0 Å². The van der Waals surface area contributed by atoms with Gasteiger partial charge in [0.25, 0.3) is 5.91 Å². The van der Waals surface area contributed by atoms with Crippen molar-refractivity contribution in [2.75, 3.05) is 0 Å². The summed E-state index contributed by atoms with van der Waals surface area (Å²) < 4.78 is 0. The van der Waals surface area contributed by atoms with E-state index in [2.05, 4.69) is 15.6 Å². The van der Waals surface area contributed by atoms with E-state index in [-0.39, 0.29) is 17.5 Å². The molecular weight excluding hydrogens is 276 g/mol. The number of hydrogen-bond acceptors (Lipinski definition) is 2. The second kappa shape index (κ2) is 7.82. The van der Waals surface area contributed by atoms with Crippen molar-refractivity contribution in [3.8, 4) is 0 Å². The van der Waals surface area contributed by atoms with Gasteiger partial charge in [0.05, 0.1) is 6.54 Å². The van der Waals surface area contributed by atoms with E-state index in [4.69, 9.17) is 5.73 Å². The van der Waals surface area contributed by atoms with E-state index in [1.165, 1.54) is 0 Å². The summed E-state index contributed by atoms with van der Waals surface area (Å²) >= 11 is 0. The molecule has 0 aromatic heterocycles. The van der Waals surface area contributed by atoms with Crippen molar-refractivity contribution < 1.29 is 4.79 Å². The number of nitrogens with one attached hydrogen (secondary N) is 2. The van der Waals surface area contributed by atoms with Crippen LogP contribution in [-0.4, -0.2) is 23.4 Å². The highest BCUT2D eigenvalue weighted by Crippen LogP contribution is 2.08. The Morgan fingerprint density at radius 3 is 2.64 bits per heavy atom. The Labute approximate surface area is 133 Å². The number of rotatable bonds is 5. The van der Waals surface area contributed by atoms with Crippen LogP contribution >= 0.6 is 0 Å². The monoisotopic (exact) mass is 304 g/mol. The van der Waals surface area contributed by atoms with Crippen LogP contribution in [0.1, 0.15) is 57.0 Å². The number of aliphatic imine (C=N–C) groups is 1. The first-order chi connectivity index (χ1) is 10.2. The van der Waals surface area contributed by atoms with Gasteiger partial charge in [-0.1, -0.05) is 19.1 Å². The molecule has 1 unspecified atom stereocenters. The Morgan fingerprint density at radius 1 is 1.36 bits per heavy atom. The molecule has 5 heteroatoms. The van der Waals surface area contributed by atoms with Crippen molar-refractivity contribution in [1.82, 2.24) is 10.6 Å². The summed E-state index contributed by atoms with van der Waals surface area (Å²) in [6.07, 6.45) is 0.907. The van der Waals surface area contributed by atoms with Gasteiger partial charge in [0.15, 0.2) is 5.96 Å². The second-order valence-corrected chi connectivity index (χ2v) is 6.56. The first kappa shape index (κ1) is 18.0. The molecule has 0 aliphatic carbocycles. The molecule has 1 aromatic rings. The zero-order valence-corrected chi connectivity index (χ0v) is 14.2. The Bertz CT molecular complexity index is 532. The lowest BCUT2D eigenvalue weighted by Gasteiger charge is -2.21. The van der Waals surface area contributed by atoms with Crippen LogP contribution in [0.2, 0.25) is 0 Å². The van der Waals surface area contributed by atoms with E-state index in [1.54, 1.807) is 0 Å². The number of benzene rings is 1. The summed E-state index contributed by atoms with van der Waals surface area (Å²) in [6.45, 7) is 10.5. The average molecular weight is 304 g/mol. The normalized spacial score (nSPS) is 13.6. The molecule has 1 rings (SSSR count). The molecule has 0 spiro atoms. The molecule has 0 radical (unpaired) electrons. The summed E-state index contributed by atoms with van der Waals surface area (Å²) in [4.78, 5) is 16.4. The van der Waals surface area contributed by atoms with E-state index in [1.807, 2.05) is 58.9 Å². The van der Waals surface area contributed by atoms with E-state index in [0.29, 0.717) is 18.1 Å². The fourth-order valence-electron chi connectivity index (χ4n) is 1.82. The Balaban J connectivity index is 2.72. The molecule has 1 atom stereocenters. The number of guanidine groups is 1. The van der Waals surface area contributed by atoms with Gasteiger partial charge < -0.3 is 16.4 Å². The maximum Gasteiger partial charge on any atom is 0.251 e. The number of amides is 1. The van der Waals surface area contributed by atoms with Crippen LogP contribution in [0.15, 0.2) is 29.3 Å². The van der Waals surface area contributed by atoms with E-state index in [0.717, 1.165) is 12.0 Å². The van der Waals surface area contributed by atoms with Crippen molar-refractivity contribution in [3.05, 3.63) is 35.4 Å². The van der Waals surface area contributed by atoms with Gasteiger partial charge in [0, 0.05) is 17.1 Å². The topological polar surface area (TPSA) is 79.5 Å². The molecule has 0 saturated heterocycles. The molecule has 0 aliphatic rings. The SMILES string of the molecule is CCC(C)NC(=O)c1cccc(CN=C(N)NC(C)(C)C)c1. The van der Waals surface area contributed by atoms with Gasteiger partial charge in [0.1, 0.15) is 0 Å². The van der Waals surface area contributed by atoms with E-state index < -0.39 is 0 Å². The maximum atomic E-state index is 12.1. The number of nitrogens with zero attached hydrogens (tertiary/aromatic N) is 1. The zero-order valence-electron chi connectivity index (χ0n) is 14.2. The lowest BCUT2D eigenvalue weighted by Crippen LogP contribution is -2.44. The number of carbonyl (C=O) groups is 1. The number of nitrogens with two attached hydrogens (primary N) is 1. The molecule has 0 heterocycles. The predicted molar refractivity (Wildman–Crippen MR) is 91.9 cm³/mol. The van der Waals surface area contributed by atoms with Crippen LogP contribution in [-0.2, 0) is 6.54 Å². The van der Waals surface area contributed by atoms with Crippen molar-refractivity contribution >= 4 is 11.9 Å². The minimum absolute atomic E-state index is 0.0547. The molecule has 0 bridgehead atoms. The van der Waals surface area contributed by atoms with Gasteiger partial charge in [-0.2, -0.15) is 0 Å². The van der Waals surface area contributed by atoms with Gasteiger partial charge >= 0.3 is 0 Å². The van der Waals surface area contributed by atoms with Gasteiger partial charge in [-0.15, -0.1) is 0 Å². The highest BCUT2D eigenvalue weighted by molar-refractivity contribution is 5.94. The van der Waals surface area contributed by atoms with Gasteiger partial charge in [-0.25, -0.2) is 4.99 Å². The molecule has 0 aliphatic heterocycles. The summed E-state index contributed by atoms with van der Waals surface area (Å²) in [6, 6.07) is 7.63. The first-order valence-electron chi connectivity index (χ1n) is 7.69. The van der Waals surface area contributed by atoms with E-state index in [9.17, 15) is 4.79 Å². The smallest absolute Gasteiger partial charge is 0.251 e. The third-order valence-corrected chi connectivity index (χ3v) is 3.11. The highest BCUT2D eigenvalue weighted by Gasteiger charge is 2.10. The molecular formula is C17H28N4O. The molecule has 0 saturated carbocycles. The lowest BCUT2D eigenvalue weighted by atomic mass is 10.1. The van der Waals surface area contributed by atoms with Crippen LogP contribution < -0.4 is 16.4 Å². The Morgan fingerprint density at radius 2 is 2.05 bits per heavy atom. The fraction of sp³-hybridized carbons (Fsp3) is 0.529. The standard InChI is InChI=1S/C17H28N4O/c1-6-12(2)20-15(22)14-9-7-8-13(10-14)11-19-16(18)21-17(3,4)5/h7-10,12H,6,11H2,1-5H3,(H,20,22)(H3,18,19,21). The highest BCUT2D eigenvalue weighted by atomic mass is 16.1. The largest absolute Gasteiger partial charge is 0.370 e. The number of carbonyl (C=O) groups excluding carboxylic acids is 1. The molecule has 4 N–H and O–H groups in total. The minimum Gasteiger partial charge on any atom is -0.370 e. The maximum absolute atomic E-state index is 12.1. The predicted octanol–water partition coefficient (Wildman–Crippen LogP) is 2.42. The van der Waals surface area contributed by atoms with Crippen molar-refractivity contribution in [1.29, 1.82) is 0 Å². The van der Waals surface area contributed by atoms with Crippen LogP contribution in [0.3, 0.4) is 0 Å². The Hall–Kier alpha value is -2.04. The average Bonchev–Trinajstić information content (AvgIpc) is 2.43. The van der Waals surface area contributed by atoms with Crippen molar-refractivity contribution in [3.63, 3.8) is 0 Å². The summed E-state index contributed by atoms with van der Waals surface area (Å²) in [5.74, 6) is 0.350. The molecule has 1 aromatic carbocycles. The van der Waals surface area contributed by atoms with Crippen molar-refractivity contribution in [2.24, 2.45) is 10.7 Å². The van der Waals surface area contributed by atoms with E-state index >= 15 is 0 Å². The van der Waals surface area contributed by atoms with Gasteiger partial charge in [-0.3, -0.25) is 4.79 Å². The number of hydrogen-bond donors (Lipinski definition) is 3. The molecule has 0 fully saturated rings. The lowest BCUT2D eigenvalue weighted by molar-refractivity contribution is 0.0939. The van der Waals surface area contributed by atoms with Crippen LogP contribution in [0.5, 0.6) is 0 Å². The molecule has 1 amide bonds. The summed E-state index contributed by atoms with van der Waals surface area (Å²) in [5.41, 5.74) is 7.33. The molecule has 22 heavy (non-hydrogen) atoms. The van der Waals surface area contributed by atoms with Crippen molar-refractivity contribution in [2.45, 2.75) is 59.2 Å².